The minimum Gasteiger partial charge on any atom is -0.299 e. The molecule has 3 nitrogen and oxygen atoms in total. The number of unbranched alkanes of at least 4 members (excludes halogenated alkanes) is 8. The maximum absolute atomic E-state index is 12.1. The van der Waals surface area contributed by atoms with E-state index in [0.717, 1.165) is 12.8 Å². The van der Waals surface area contributed by atoms with E-state index in [2.05, 4.69) is 13.8 Å². The minimum atomic E-state index is -0.257. The number of carbonyl (C=O) groups is 1. The standard InChI is InChI=1S/C20H36O3/c1-4-5-6-7-8-9-10-11-12-13-20(3)17-14-18(21)16(2)19(15-17)22-23-20/h16-17,19H,4-15H2,1-3H3/t16-,17+,19+,20+/m1/s1. The topological polar surface area (TPSA) is 35.5 Å². The van der Waals surface area contributed by atoms with Crippen LogP contribution in [0.15, 0.2) is 0 Å². The minimum absolute atomic E-state index is 0.00325. The number of hydrogen-bond donors (Lipinski definition) is 0. The van der Waals surface area contributed by atoms with Crippen LogP contribution in [0.3, 0.4) is 0 Å². The van der Waals surface area contributed by atoms with E-state index >= 15 is 0 Å². The monoisotopic (exact) mass is 324 g/mol. The second kappa shape index (κ2) is 9.17. The van der Waals surface area contributed by atoms with Crippen molar-refractivity contribution < 1.29 is 14.6 Å². The first kappa shape index (κ1) is 18.9. The van der Waals surface area contributed by atoms with Crippen molar-refractivity contribution in [3.05, 3.63) is 0 Å². The molecule has 1 heterocycles. The van der Waals surface area contributed by atoms with Crippen molar-refractivity contribution in [3.8, 4) is 0 Å². The van der Waals surface area contributed by atoms with Gasteiger partial charge in [-0.25, -0.2) is 9.78 Å². The van der Waals surface area contributed by atoms with Crippen molar-refractivity contribution in [2.75, 3.05) is 0 Å². The van der Waals surface area contributed by atoms with Crippen LogP contribution in [0.1, 0.15) is 97.8 Å². The summed E-state index contributed by atoms with van der Waals surface area (Å²) in [5.41, 5.74) is -0.257. The Balaban J connectivity index is 1.61. The molecule has 4 atom stereocenters. The van der Waals surface area contributed by atoms with Crippen LogP contribution in [0, 0.1) is 11.8 Å². The van der Waals surface area contributed by atoms with Crippen molar-refractivity contribution in [1.82, 2.24) is 0 Å². The number of Topliss-reactive ketones (excluding diaryl/α,β-unsaturated/α-hetero) is 1. The fourth-order valence-corrected chi connectivity index (χ4v) is 4.06. The highest BCUT2D eigenvalue weighted by atomic mass is 17.2. The first-order chi connectivity index (χ1) is 11.1. The second-order valence-electron chi connectivity index (χ2n) is 8.00. The van der Waals surface area contributed by atoms with E-state index in [0.29, 0.717) is 18.1 Å². The summed E-state index contributed by atoms with van der Waals surface area (Å²) in [6.45, 7) is 6.37. The van der Waals surface area contributed by atoms with E-state index in [1.54, 1.807) is 0 Å². The van der Waals surface area contributed by atoms with Crippen molar-refractivity contribution in [2.45, 2.75) is 110 Å². The summed E-state index contributed by atoms with van der Waals surface area (Å²) in [6, 6.07) is 0. The first-order valence-electron chi connectivity index (χ1n) is 9.94. The molecule has 0 aromatic heterocycles. The molecule has 0 N–H and O–H groups in total. The summed E-state index contributed by atoms with van der Waals surface area (Å²) in [5.74, 6) is 0.704. The molecule has 0 amide bonds. The highest BCUT2D eigenvalue weighted by molar-refractivity contribution is 5.82. The maximum atomic E-state index is 12.1. The lowest BCUT2D eigenvalue weighted by molar-refractivity contribution is -0.429. The van der Waals surface area contributed by atoms with Gasteiger partial charge in [0, 0.05) is 18.3 Å². The molecule has 0 spiro atoms. The molecule has 0 radical (unpaired) electrons. The fourth-order valence-electron chi connectivity index (χ4n) is 4.06. The first-order valence-corrected chi connectivity index (χ1v) is 9.94. The summed E-state index contributed by atoms with van der Waals surface area (Å²) in [4.78, 5) is 23.4. The highest BCUT2D eigenvalue weighted by Gasteiger charge is 2.49. The summed E-state index contributed by atoms with van der Waals surface area (Å²) in [5, 5.41) is 0. The molecular formula is C20H36O3. The van der Waals surface area contributed by atoms with Crippen molar-refractivity contribution >= 4 is 5.78 Å². The molecule has 1 saturated heterocycles. The van der Waals surface area contributed by atoms with Crippen molar-refractivity contribution in [1.29, 1.82) is 0 Å². The van der Waals surface area contributed by atoms with Crippen molar-refractivity contribution in [3.63, 3.8) is 0 Å². The molecule has 134 valence electrons. The molecule has 1 saturated carbocycles. The normalized spacial score (nSPS) is 33.9. The molecule has 0 aromatic rings. The zero-order valence-corrected chi connectivity index (χ0v) is 15.4. The van der Waals surface area contributed by atoms with Gasteiger partial charge in [0.25, 0.3) is 0 Å². The van der Waals surface area contributed by atoms with Gasteiger partial charge in [0.05, 0.1) is 0 Å². The largest absolute Gasteiger partial charge is 0.299 e. The van der Waals surface area contributed by atoms with E-state index < -0.39 is 0 Å². The van der Waals surface area contributed by atoms with Gasteiger partial charge in [0.15, 0.2) is 0 Å². The van der Waals surface area contributed by atoms with E-state index in [1.165, 1.54) is 57.8 Å². The molecule has 2 rings (SSSR count). The Morgan fingerprint density at radius 2 is 1.65 bits per heavy atom. The molecule has 1 aliphatic heterocycles. The molecule has 23 heavy (non-hydrogen) atoms. The van der Waals surface area contributed by atoms with E-state index in [4.69, 9.17) is 9.78 Å². The van der Waals surface area contributed by atoms with Gasteiger partial charge in [0.2, 0.25) is 0 Å². The third-order valence-corrected chi connectivity index (χ3v) is 6.03. The lowest BCUT2D eigenvalue weighted by Gasteiger charge is -2.47. The Kier molecular flexibility index (Phi) is 7.55. The number of carbonyl (C=O) groups excluding carboxylic acids is 1. The van der Waals surface area contributed by atoms with Crippen LogP contribution in [0.2, 0.25) is 0 Å². The quantitative estimate of drug-likeness (QED) is 0.387. The predicted octanol–water partition coefficient (Wildman–Crippen LogP) is 5.61. The summed E-state index contributed by atoms with van der Waals surface area (Å²) in [6.07, 6.45) is 14.7. The maximum Gasteiger partial charge on any atom is 0.138 e. The SMILES string of the molecule is CCCCCCCCCCC[C@]1(C)OO[C@H]2C[C@@H]1CC(=O)[C@H]2C. The lowest BCUT2D eigenvalue weighted by atomic mass is 9.70. The third kappa shape index (κ3) is 5.29. The van der Waals surface area contributed by atoms with Gasteiger partial charge in [-0.1, -0.05) is 71.6 Å². The average molecular weight is 325 g/mol. The van der Waals surface area contributed by atoms with Gasteiger partial charge in [0.1, 0.15) is 17.5 Å². The zero-order valence-electron chi connectivity index (χ0n) is 15.4. The Hall–Kier alpha value is -0.410. The number of hydrogen-bond acceptors (Lipinski definition) is 3. The average Bonchev–Trinajstić information content (AvgIpc) is 2.54. The summed E-state index contributed by atoms with van der Waals surface area (Å²) < 4.78 is 0. The molecule has 0 unspecified atom stereocenters. The van der Waals surface area contributed by atoms with Crippen LogP contribution in [0.25, 0.3) is 0 Å². The van der Waals surface area contributed by atoms with E-state index in [1.807, 2.05) is 6.92 Å². The van der Waals surface area contributed by atoms with Gasteiger partial charge in [-0.3, -0.25) is 4.79 Å². The van der Waals surface area contributed by atoms with Crippen LogP contribution in [-0.4, -0.2) is 17.5 Å². The lowest BCUT2D eigenvalue weighted by Crippen LogP contribution is -2.52. The Labute approximate surface area is 142 Å². The van der Waals surface area contributed by atoms with Gasteiger partial charge >= 0.3 is 0 Å². The Morgan fingerprint density at radius 1 is 1.04 bits per heavy atom. The van der Waals surface area contributed by atoms with Crippen LogP contribution in [0.4, 0.5) is 0 Å². The van der Waals surface area contributed by atoms with Crippen LogP contribution >= 0.6 is 0 Å². The second-order valence-corrected chi connectivity index (χ2v) is 8.00. The number of ketones is 1. The predicted molar refractivity (Wildman–Crippen MR) is 93.1 cm³/mol. The van der Waals surface area contributed by atoms with Gasteiger partial charge in [-0.05, 0) is 19.8 Å². The van der Waals surface area contributed by atoms with Gasteiger partial charge < -0.3 is 0 Å². The Morgan fingerprint density at radius 3 is 2.30 bits per heavy atom. The molecule has 2 fully saturated rings. The molecular weight excluding hydrogens is 288 g/mol. The molecule has 2 aliphatic rings. The zero-order chi connectivity index (χ0) is 16.7. The van der Waals surface area contributed by atoms with Crippen LogP contribution in [-0.2, 0) is 14.6 Å². The number of fused-ring (bicyclic) bond motifs is 2. The van der Waals surface area contributed by atoms with Gasteiger partial charge in [-0.2, -0.15) is 0 Å². The van der Waals surface area contributed by atoms with E-state index in [-0.39, 0.29) is 17.6 Å². The molecule has 1 aliphatic carbocycles. The highest BCUT2D eigenvalue weighted by Crippen LogP contribution is 2.44. The third-order valence-electron chi connectivity index (χ3n) is 6.03. The molecule has 3 heteroatoms. The molecule has 2 bridgehead atoms. The van der Waals surface area contributed by atoms with Crippen molar-refractivity contribution in [2.24, 2.45) is 11.8 Å². The van der Waals surface area contributed by atoms with E-state index in [9.17, 15) is 4.79 Å². The fraction of sp³-hybridized carbons (Fsp3) is 0.950. The number of rotatable bonds is 10. The summed E-state index contributed by atoms with van der Waals surface area (Å²) >= 11 is 0. The summed E-state index contributed by atoms with van der Waals surface area (Å²) in [7, 11) is 0. The molecule has 0 aromatic carbocycles. The smallest absolute Gasteiger partial charge is 0.138 e. The van der Waals surface area contributed by atoms with Crippen LogP contribution in [0.5, 0.6) is 0 Å². The van der Waals surface area contributed by atoms with Crippen LogP contribution < -0.4 is 0 Å². The Bertz CT molecular complexity index is 368. The van der Waals surface area contributed by atoms with Gasteiger partial charge in [-0.15, -0.1) is 0 Å².